The van der Waals surface area contributed by atoms with Crippen LogP contribution in [-0.2, 0) is 9.53 Å². The van der Waals surface area contributed by atoms with Gasteiger partial charge in [0.05, 0.1) is 32.6 Å². The van der Waals surface area contributed by atoms with Crippen molar-refractivity contribution in [1.82, 2.24) is 10.2 Å². The third kappa shape index (κ3) is 5.59. The molecule has 0 radical (unpaired) electrons. The summed E-state index contributed by atoms with van der Waals surface area (Å²) < 4.78 is 10.6. The van der Waals surface area contributed by atoms with Crippen molar-refractivity contribution in [2.24, 2.45) is 5.92 Å². The molecule has 1 aromatic carbocycles. The number of halogens is 1. The van der Waals surface area contributed by atoms with E-state index in [-0.39, 0.29) is 30.8 Å². The standard InChI is InChI=1S/C18H25N3O4.ClH/c1-24-16-5-4-14(18(23)21-6-8-25-9-7-21)10-15(16)20-17(22)12-19-11-13-2-3-13;/h4-5,10,13,19H,2-3,6-9,11-12H2,1H3,(H,20,22);1H. The van der Waals surface area contributed by atoms with Gasteiger partial charge < -0.3 is 25.0 Å². The third-order valence-corrected chi connectivity index (χ3v) is 4.43. The number of methoxy groups -OCH3 is 1. The average Bonchev–Trinajstić information content (AvgIpc) is 3.46. The lowest BCUT2D eigenvalue weighted by molar-refractivity contribution is -0.115. The molecule has 0 spiro atoms. The number of amides is 2. The number of morpholine rings is 1. The van der Waals surface area contributed by atoms with Gasteiger partial charge >= 0.3 is 0 Å². The Labute approximate surface area is 159 Å². The highest BCUT2D eigenvalue weighted by Gasteiger charge is 2.22. The van der Waals surface area contributed by atoms with Crippen molar-refractivity contribution in [3.8, 4) is 5.75 Å². The van der Waals surface area contributed by atoms with Gasteiger partial charge in [-0.1, -0.05) is 0 Å². The number of rotatable bonds is 7. The maximum Gasteiger partial charge on any atom is 0.254 e. The molecule has 1 saturated heterocycles. The lowest BCUT2D eigenvalue weighted by Gasteiger charge is -2.27. The topological polar surface area (TPSA) is 79.9 Å². The first kappa shape index (κ1) is 20.5. The van der Waals surface area contributed by atoms with Crippen LogP contribution in [-0.4, -0.2) is 63.2 Å². The summed E-state index contributed by atoms with van der Waals surface area (Å²) in [6.07, 6.45) is 2.49. The monoisotopic (exact) mass is 383 g/mol. The number of benzene rings is 1. The van der Waals surface area contributed by atoms with E-state index in [0.29, 0.717) is 43.3 Å². The van der Waals surface area contributed by atoms with Gasteiger partial charge in [-0.15, -0.1) is 12.4 Å². The Morgan fingerprint density at radius 2 is 2.00 bits per heavy atom. The Morgan fingerprint density at radius 3 is 2.65 bits per heavy atom. The van der Waals surface area contributed by atoms with Gasteiger partial charge in [0.2, 0.25) is 5.91 Å². The molecule has 26 heavy (non-hydrogen) atoms. The summed E-state index contributed by atoms with van der Waals surface area (Å²) in [5.74, 6) is 1.05. The number of carbonyl (C=O) groups is 2. The average molecular weight is 384 g/mol. The molecule has 1 heterocycles. The molecule has 144 valence electrons. The van der Waals surface area contributed by atoms with E-state index in [0.717, 1.165) is 12.5 Å². The minimum atomic E-state index is -0.144. The Balaban J connectivity index is 0.00000243. The summed E-state index contributed by atoms with van der Waals surface area (Å²) in [6, 6.07) is 5.11. The predicted molar refractivity (Wildman–Crippen MR) is 101 cm³/mol. The quantitative estimate of drug-likeness (QED) is 0.746. The largest absolute Gasteiger partial charge is 0.495 e. The first-order valence-electron chi connectivity index (χ1n) is 8.73. The summed E-state index contributed by atoms with van der Waals surface area (Å²) in [4.78, 5) is 26.5. The van der Waals surface area contributed by atoms with Gasteiger partial charge in [0.15, 0.2) is 0 Å². The van der Waals surface area contributed by atoms with Crippen molar-refractivity contribution in [3.05, 3.63) is 23.8 Å². The van der Waals surface area contributed by atoms with E-state index in [1.165, 1.54) is 12.8 Å². The molecule has 0 atom stereocenters. The number of hydrogen-bond donors (Lipinski definition) is 2. The van der Waals surface area contributed by atoms with Gasteiger partial charge in [-0.05, 0) is 43.5 Å². The molecule has 7 nitrogen and oxygen atoms in total. The smallest absolute Gasteiger partial charge is 0.254 e. The lowest BCUT2D eigenvalue weighted by Crippen LogP contribution is -2.40. The second-order valence-corrected chi connectivity index (χ2v) is 6.44. The van der Waals surface area contributed by atoms with Gasteiger partial charge in [0, 0.05) is 18.7 Å². The van der Waals surface area contributed by atoms with E-state index in [1.54, 1.807) is 30.2 Å². The van der Waals surface area contributed by atoms with Crippen LogP contribution in [0.5, 0.6) is 5.75 Å². The van der Waals surface area contributed by atoms with E-state index >= 15 is 0 Å². The molecule has 0 bridgehead atoms. The zero-order chi connectivity index (χ0) is 17.6. The molecule has 1 saturated carbocycles. The molecule has 0 aromatic heterocycles. The number of anilines is 1. The number of hydrogen-bond acceptors (Lipinski definition) is 5. The van der Waals surface area contributed by atoms with Gasteiger partial charge in [0.1, 0.15) is 5.75 Å². The van der Waals surface area contributed by atoms with Crippen molar-refractivity contribution in [2.75, 3.05) is 51.8 Å². The third-order valence-electron chi connectivity index (χ3n) is 4.43. The summed E-state index contributed by atoms with van der Waals surface area (Å²) in [5.41, 5.74) is 1.05. The van der Waals surface area contributed by atoms with E-state index in [2.05, 4.69) is 10.6 Å². The van der Waals surface area contributed by atoms with E-state index in [4.69, 9.17) is 9.47 Å². The normalized spacial score (nSPS) is 16.6. The number of nitrogens with zero attached hydrogens (tertiary/aromatic N) is 1. The molecule has 2 aliphatic rings. The van der Waals surface area contributed by atoms with Crippen LogP contribution in [0.2, 0.25) is 0 Å². The summed E-state index contributed by atoms with van der Waals surface area (Å²) in [5, 5.41) is 5.98. The SMILES string of the molecule is COc1ccc(C(=O)N2CCOCC2)cc1NC(=O)CNCC1CC1.Cl. The Hall–Kier alpha value is -1.83. The fourth-order valence-electron chi connectivity index (χ4n) is 2.79. The predicted octanol–water partition coefficient (Wildman–Crippen LogP) is 1.53. The molecule has 0 unspecified atom stereocenters. The van der Waals surface area contributed by atoms with E-state index in [9.17, 15) is 9.59 Å². The molecule has 1 aromatic rings. The van der Waals surface area contributed by atoms with Crippen LogP contribution in [0.15, 0.2) is 18.2 Å². The highest BCUT2D eigenvalue weighted by molar-refractivity contribution is 5.98. The fraction of sp³-hybridized carbons (Fsp3) is 0.556. The first-order valence-corrected chi connectivity index (χ1v) is 8.73. The number of carbonyl (C=O) groups excluding carboxylic acids is 2. The van der Waals surface area contributed by atoms with Crippen LogP contribution >= 0.6 is 12.4 Å². The highest BCUT2D eigenvalue weighted by Crippen LogP contribution is 2.28. The first-order chi connectivity index (χ1) is 12.2. The van der Waals surface area contributed by atoms with Crippen LogP contribution in [0, 0.1) is 5.92 Å². The van der Waals surface area contributed by atoms with Gasteiger partial charge in [-0.3, -0.25) is 9.59 Å². The Bertz CT molecular complexity index is 631. The fourth-order valence-corrected chi connectivity index (χ4v) is 2.79. The molecule has 8 heteroatoms. The molecule has 3 rings (SSSR count). The van der Waals surface area contributed by atoms with Crippen LogP contribution < -0.4 is 15.4 Å². The van der Waals surface area contributed by atoms with Crippen LogP contribution in [0.3, 0.4) is 0 Å². The van der Waals surface area contributed by atoms with Crippen molar-refractivity contribution in [3.63, 3.8) is 0 Å². The van der Waals surface area contributed by atoms with Crippen molar-refractivity contribution >= 4 is 29.9 Å². The maximum atomic E-state index is 12.6. The minimum absolute atomic E-state index is 0. The Morgan fingerprint density at radius 1 is 1.27 bits per heavy atom. The zero-order valence-corrected chi connectivity index (χ0v) is 15.8. The number of ether oxygens (including phenoxy) is 2. The van der Waals surface area contributed by atoms with Crippen molar-refractivity contribution < 1.29 is 19.1 Å². The second-order valence-electron chi connectivity index (χ2n) is 6.44. The maximum absolute atomic E-state index is 12.6. The van der Waals surface area contributed by atoms with Crippen LogP contribution in [0.4, 0.5) is 5.69 Å². The van der Waals surface area contributed by atoms with Crippen molar-refractivity contribution in [1.29, 1.82) is 0 Å². The van der Waals surface area contributed by atoms with Crippen LogP contribution in [0.25, 0.3) is 0 Å². The zero-order valence-electron chi connectivity index (χ0n) is 15.0. The summed E-state index contributed by atoms with van der Waals surface area (Å²) >= 11 is 0. The molecule has 2 amide bonds. The van der Waals surface area contributed by atoms with E-state index in [1.807, 2.05) is 0 Å². The van der Waals surface area contributed by atoms with Gasteiger partial charge in [0.25, 0.3) is 5.91 Å². The molecular formula is C18H26ClN3O4. The van der Waals surface area contributed by atoms with Gasteiger partial charge in [-0.25, -0.2) is 0 Å². The molecular weight excluding hydrogens is 358 g/mol. The molecule has 1 aliphatic heterocycles. The number of nitrogens with one attached hydrogen (secondary N) is 2. The molecule has 2 N–H and O–H groups in total. The summed E-state index contributed by atoms with van der Waals surface area (Å²) in [7, 11) is 1.54. The van der Waals surface area contributed by atoms with E-state index < -0.39 is 0 Å². The second kappa shape index (κ2) is 9.75. The highest BCUT2D eigenvalue weighted by atomic mass is 35.5. The van der Waals surface area contributed by atoms with Crippen LogP contribution in [0.1, 0.15) is 23.2 Å². The lowest BCUT2D eigenvalue weighted by atomic mass is 10.1. The molecule has 1 aliphatic carbocycles. The summed E-state index contributed by atoms with van der Waals surface area (Å²) in [6.45, 7) is 3.40. The van der Waals surface area contributed by atoms with Crippen molar-refractivity contribution in [2.45, 2.75) is 12.8 Å². The molecule has 2 fully saturated rings. The minimum Gasteiger partial charge on any atom is -0.495 e. The Kier molecular flexibility index (Phi) is 7.68. The van der Waals surface area contributed by atoms with Gasteiger partial charge in [-0.2, -0.15) is 0 Å².